The average Bonchev–Trinajstić information content (AvgIpc) is 2.82. The van der Waals surface area contributed by atoms with Crippen LogP contribution in [0.25, 0.3) is 0 Å². The van der Waals surface area contributed by atoms with E-state index < -0.39 is 47.5 Å². The van der Waals surface area contributed by atoms with Crippen LogP contribution in [0.2, 0.25) is 0 Å². The van der Waals surface area contributed by atoms with E-state index >= 15 is 0 Å². The van der Waals surface area contributed by atoms with Crippen LogP contribution in [0.3, 0.4) is 0 Å². The molecule has 2 unspecified atom stereocenters. The molecule has 0 aromatic heterocycles. The van der Waals surface area contributed by atoms with Crippen LogP contribution >= 0.6 is 0 Å². The molecular weight excluding hydrogens is 508 g/mol. The van der Waals surface area contributed by atoms with Gasteiger partial charge in [0.05, 0.1) is 13.0 Å². The van der Waals surface area contributed by atoms with Crippen molar-refractivity contribution < 1.29 is 38.6 Å². The quantitative estimate of drug-likeness (QED) is 0.255. The molecule has 12 nitrogen and oxygen atoms in total. The predicted molar refractivity (Wildman–Crippen MR) is 143 cm³/mol. The highest BCUT2D eigenvalue weighted by molar-refractivity contribution is 5.93. The van der Waals surface area contributed by atoms with Gasteiger partial charge in [0, 0.05) is 25.1 Å². The minimum Gasteiger partial charge on any atom is -0.507 e. The molecule has 0 saturated heterocycles. The highest BCUT2D eigenvalue weighted by atomic mass is 16.6. The van der Waals surface area contributed by atoms with Gasteiger partial charge in [-0.25, -0.2) is 4.79 Å². The summed E-state index contributed by atoms with van der Waals surface area (Å²) in [6.07, 6.45) is -0.881. The number of hydrogen-bond donors (Lipinski definition) is 4. The summed E-state index contributed by atoms with van der Waals surface area (Å²) in [4.78, 5) is 64.5. The number of aromatic hydroxyl groups is 1. The van der Waals surface area contributed by atoms with Gasteiger partial charge in [-0.3, -0.25) is 19.2 Å². The van der Waals surface area contributed by atoms with E-state index in [1.807, 2.05) is 0 Å². The van der Waals surface area contributed by atoms with E-state index in [1.165, 1.54) is 11.0 Å². The third kappa shape index (κ3) is 11.2. The van der Waals surface area contributed by atoms with Crippen molar-refractivity contribution in [3.05, 3.63) is 29.3 Å². The maximum Gasteiger partial charge on any atom is 0.408 e. The number of nitrogens with one attached hydrogen (secondary N) is 2. The monoisotopic (exact) mass is 550 g/mol. The SMILES string of the molecule is CCCN(C(=O)C(CCC(N)=O)NC(=O)OC(C)(C)C)C(C(=O)NCCC(=O)OCC)c1cccc(C)c1O. The van der Waals surface area contributed by atoms with Gasteiger partial charge in [-0.2, -0.15) is 0 Å². The predicted octanol–water partition coefficient (Wildman–Crippen LogP) is 2.21. The molecule has 5 N–H and O–H groups in total. The van der Waals surface area contributed by atoms with E-state index in [-0.39, 0.29) is 50.3 Å². The molecule has 1 aromatic rings. The first kappa shape index (κ1) is 33.2. The van der Waals surface area contributed by atoms with Crippen LogP contribution in [-0.2, 0) is 28.7 Å². The molecule has 0 saturated carbocycles. The van der Waals surface area contributed by atoms with Gasteiger partial charge in [-0.1, -0.05) is 25.1 Å². The van der Waals surface area contributed by atoms with Gasteiger partial charge in [0.15, 0.2) is 0 Å². The number of carbonyl (C=O) groups excluding carboxylic acids is 5. The molecular formula is C27H42N4O8. The minimum atomic E-state index is -1.31. The van der Waals surface area contributed by atoms with Crippen molar-refractivity contribution in [1.82, 2.24) is 15.5 Å². The molecule has 0 spiro atoms. The molecule has 0 aliphatic carbocycles. The van der Waals surface area contributed by atoms with Crippen LogP contribution in [0, 0.1) is 6.92 Å². The Morgan fingerprint density at radius 2 is 1.77 bits per heavy atom. The number of alkyl carbamates (subject to hydrolysis) is 1. The second kappa shape index (κ2) is 15.6. The number of aryl methyl sites for hydroxylation is 1. The van der Waals surface area contributed by atoms with Crippen LogP contribution in [0.4, 0.5) is 4.79 Å². The van der Waals surface area contributed by atoms with Crippen LogP contribution in [0.1, 0.15) is 77.5 Å². The highest BCUT2D eigenvalue weighted by Gasteiger charge is 2.37. The third-order valence-electron chi connectivity index (χ3n) is 5.47. The maximum atomic E-state index is 13.9. The lowest BCUT2D eigenvalue weighted by molar-refractivity contribution is -0.144. The Kier molecular flexibility index (Phi) is 13.2. The number of primary amides is 1. The minimum absolute atomic E-state index is 0.0594. The van der Waals surface area contributed by atoms with E-state index in [0.29, 0.717) is 12.0 Å². The van der Waals surface area contributed by atoms with Crippen LogP contribution < -0.4 is 16.4 Å². The summed E-state index contributed by atoms with van der Waals surface area (Å²) in [5.74, 6) is -2.67. The summed E-state index contributed by atoms with van der Waals surface area (Å²) in [5, 5.41) is 16.0. The fourth-order valence-corrected chi connectivity index (χ4v) is 3.77. The summed E-state index contributed by atoms with van der Waals surface area (Å²) >= 11 is 0. The Morgan fingerprint density at radius 3 is 2.33 bits per heavy atom. The number of nitrogens with zero attached hydrogens (tertiary/aromatic N) is 1. The lowest BCUT2D eigenvalue weighted by Crippen LogP contribution is -2.53. The Balaban J connectivity index is 3.45. The molecule has 4 amide bonds. The number of phenols is 1. The molecule has 218 valence electrons. The molecule has 39 heavy (non-hydrogen) atoms. The van der Waals surface area contributed by atoms with Gasteiger partial charge in [0.2, 0.25) is 17.7 Å². The Hall–Kier alpha value is -3.83. The van der Waals surface area contributed by atoms with Gasteiger partial charge in [0.25, 0.3) is 0 Å². The zero-order valence-corrected chi connectivity index (χ0v) is 23.7. The summed E-state index contributed by atoms with van der Waals surface area (Å²) in [7, 11) is 0. The Morgan fingerprint density at radius 1 is 1.10 bits per heavy atom. The molecule has 0 aliphatic heterocycles. The standard InChI is InChI=1S/C27H42N4O8/c1-7-16-31(25(36)19(12-13-20(28)32)30-26(37)39-27(4,5)6)22(18-11-9-10-17(3)23(18)34)24(35)29-15-14-21(33)38-8-2/h9-11,19,22,34H,7-8,12-16H2,1-6H3,(H2,28,32)(H,29,35)(H,30,37). The molecule has 0 radical (unpaired) electrons. The molecule has 0 heterocycles. The summed E-state index contributed by atoms with van der Waals surface area (Å²) in [6.45, 7) is 10.3. The molecule has 0 bridgehead atoms. The normalized spacial score (nSPS) is 12.6. The first-order valence-electron chi connectivity index (χ1n) is 13.0. The van der Waals surface area contributed by atoms with Gasteiger partial charge < -0.3 is 35.8 Å². The number of esters is 1. The Bertz CT molecular complexity index is 1020. The van der Waals surface area contributed by atoms with Crippen molar-refractivity contribution in [3.8, 4) is 5.75 Å². The average molecular weight is 551 g/mol. The molecule has 0 fully saturated rings. The fourth-order valence-electron chi connectivity index (χ4n) is 3.77. The number of amides is 4. The summed E-state index contributed by atoms with van der Waals surface area (Å²) < 4.78 is 10.2. The lowest BCUT2D eigenvalue weighted by Gasteiger charge is -2.34. The van der Waals surface area contributed by atoms with Crippen molar-refractivity contribution in [2.24, 2.45) is 5.73 Å². The van der Waals surface area contributed by atoms with Crippen molar-refractivity contribution in [3.63, 3.8) is 0 Å². The lowest BCUT2D eigenvalue weighted by atomic mass is 9.98. The number of phenolic OH excluding ortho intramolecular Hbond substituents is 1. The number of para-hydroxylation sites is 1. The smallest absolute Gasteiger partial charge is 0.408 e. The number of nitrogens with two attached hydrogens (primary N) is 1. The summed E-state index contributed by atoms with van der Waals surface area (Å²) in [5.41, 5.74) is 5.10. The molecule has 1 aromatic carbocycles. The molecule has 0 aliphatic rings. The zero-order valence-electron chi connectivity index (χ0n) is 23.7. The first-order chi connectivity index (χ1) is 18.2. The van der Waals surface area contributed by atoms with E-state index in [2.05, 4.69) is 10.6 Å². The van der Waals surface area contributed by atoms with Gasteiger partial charge in [-0.05, 0) is 53.0 Å². The molecule has 12 heteroatoms. The van der Waals surface area contributed by atoms with Crippen molar-refractivity contribution >= 4 is 29.8 Å². The van der Waals surface area contributed by atoms with E-state index in [0.717, 1.165) is 0 Å². The number of carbonyl (C=O) groups is 5. The van der Waals surface area contributed by atoms with Gasteiger partial charge in [0.1, 0.15) is 23.4 Å². The number of ether oxygens (including phenoxy) is 2. The second-order valence-electron chi connectivity index (χ2n) is 10.00. The maximum absolute atomic E-state index is 13.9. The number of hydrogen-bond acceptors (Lipinski definition) is 8. The van der Waals surface area contributed by atoms with Crippen molar-refractivity contribution in [1.29, 1.82) is 0 Å². The molecule has 1 rings (SSSR count). The van der Waals surface area contributed by atoms with Crippen LogP contribution in [0.5, 0.6) is 5.75 Å². The van der Waals surface area contributed by atoms with E-state index in [9.17, 15) is 29.1 Å². The van der Waals surface area contributed by atoms with Crippen molar-refractivity contribution in [2.45, 2.75) is 84.9 Å². The fraction of sp³-hybridized carbons (Fsp3) is 0.593. The largest absolute Gasteiger partial charge is 0.507 e. The molecule has 2 atom stereocenters. The van der Waals surface area contributed by atoms with Crippen molar-refractivity contribution in [2.75, 3.05) is 19.7 Å². The highest BCUT2D eigenvalue weighted by Crippen LogP contribution is 2.32. The first-order valence-corrected chi connectivity index (χ1v) is 13.0. The van der Waals surface area contributed by atoms with Crippen LogP contribution in [0.15, 0.2) is 18.2 Å². The summed E-state index contributed by atoms with van der Waals surface area (Å²) in [6, 6.07) is 2.26. The Labute approximate surface area is 229 Å². The third-order valence-corrected chi connectivity index (χ3v) is 5.47. The van der Waals surface area contributed by atoms with E-state index in [1.54, 1.807) is 53.7 Å². The number of benzene rings is 1. The van der Waals surface area contributed by atoms with E-state index in [4.69, 9.17) is 15.2 Å². The number of rotatable bonds is 14. The zero-order chi connectivity index (χ0) is 29.8. The van der Waals surface area contributed by atoms with Gasteiger partial charge >= 0.3 is 12.1 Å². The van der Waals surface area contributed by atoms with Gasteiger partial charge in [-0.15, -0.1) is 0 Å². The van der Waals surface area contributed by atoms with Crippen LogP contribution in [-0.4, -0.2) is 71.1 Å². The second-order valence-corrected chi connectivity index (χ2v) is 10.00. The topological polar surface area (TPSA) is 177 Å².